The van der Waals surface area contributed by atoms with Gasteiger partial charge in [-0.1, -0.05) is 24.3 Å². The normalized spacial score (nSPS) is 12.2. The molecule has 0 saturated heterocycles. The lowest BCUT2D eigenvalue weighted by Gasteiger charge is -2.20. The lowest BCUT2D eigenvalue weighted by atomic mass is 9.99. The van der Waals surface area contributed by atoms with E-state index < -0.39 is 0 Å². The van der Waals surface area contributed by atoms with Crippen LogP contribution in [0.3, 0.4) is 0 Å². The van der Waals surface area contributed by atoms with Gasteiger partial charge in [0, 0.05) is 4.90 Å². The van der Waals surface area contributed by atoms with Gasteiger partial charge in [-0.3, -0.25) is 0 Å². The Morgan fingerprint density at radius 1 is 1.20 bits per heavy atom. The number of halogens is 1. The summed E-state index contributed by atoms with van der Waals surface area (Å²) in [6.45, 7) is 0. The molecular weight excluding hydrogens is 334 g/mol. The minimum Gasteiger partial charge on any atom is -0.496 e. The van der Waals surface area contributed by atoms with Crippen LogP contribution in [0.5, 0.6) is 5.75 Å². The zero-order valence-corrected chi connectivity index (χ0v) is 14.2. The molecule has 0 aliphatic rings. The molecule has 2 aromatic rings. The second-order valence-electron chi connectivity index (χ2n) is 4.36. The lowest BCUT2D eigenvalue weighted by molar-refractivity contribution is 0.412. The van der Waals surface area contributed by atoms with Crippen molar-refractivity contribution in [3.8, 4) is 5.75 Å². The number of benzene rings is 2. The zero-order chi connectivity index (χ0) is 14.5. The van der Waals surface area contributed by atoms with Crippen molar-refractivity contribution in [2.75, 3.05) is 20.4 Å². The van der Waals surface area contributed by atoms with Gasteiger partial charge in [-0.25, -0.2) is 0 Å². The molecule has 2 nitrogen and oxygen atoms in total. The molecule has 4 heteroatoms. The van der Waals surface area contributed by atoms with Gasteiger partial charge in [-0.15, -0.1) is 11.8 Å². The van der Waals surface area contributed by atoms with Gasteiger partial charge in [0.2, 0.25) is 0 Å². The van der Waals surface area contributed by atoms with Crippen molar-refractivity contribution in [2.45, 2.75) is 10.9 Å². The third-order valence-electron chi connectivity index (χ3n) is 3.25. The summed E-state index contributed by atoms with van der Waals surface area (Å²) in [6.07, 6.45) is 2.11. The molecule has 0 radical (unpaired) electrons. The van der Waals surface area contributed by atoms with Gasteiger partial charge in [-0.05, 0) is 58.6 Å². The van der Waals surface area contributed by atoms with Crippen LogP contribution in [0.25, 0.3) is 0 Å². The molecular formula is C16H18BrNOS. The topological polar surface area (TPSA) is 21.3 Å². The Bertz CT molecular complexity index is 588. The van der Waals surface area contributed by atoms with Crippen LogP contribution in [-0.2, 0) is 0 Å². The standard InChI is InChI=1S/C16H18BrNOS/c1-18-16(12-6-4-5-7-15(12)20-3)11-8-9-14(19-2)13(17)10-11/h4-10,16,18H,1-3H3. The molecule has 106 valence electrons. The summed E-state index contributed by atoms with van der Waals surface area (Å²) in [6, 6.07) is 14.9. The Kier molecular flexibility index (Phi) is 5.52. The van der Waals surface area contributed by atoms with Gasteiger partial charge in [0.1, 0.15) is 5.75 Å². The van der Waals surface area contributed by atoms with E-state index in [1.165, 1.54) is 16.0 Å². The summed E-state index contributed by atoms with van der Waals surface area (Å²) in [5.41, 5.74) is 2.50. The van der Waals surface area contributed by atoms with E-state index in [0.717, 1.165) is 10.2 Å². The molecule has 0 aliphatic heterocycles. The Morgan fingerprint density at radius 2 is 1.95 bits per heavy atom. The predicted molar refractivity (Wildman–Crippen MR) is 89.8 cm³/mol. The van der Waals surface area contributed by atoms with Crippen molar-refractivity contribution in [1.29, 1.82) is 0 Å². The first-order valence-corrected chi connectivity index (χ1v) is 8.36. The Labute approximate surface area is 133 Å². The van der Waals surface area contributed by atoms with Crippen molar-refractivity contribution in [2.24, 2.45) is 0 Å². The fourth-order valence-corrected chi connectivity index (χ4v) is 3.46. The molecule has 20 heavy (non-hydrogen) atoms. The van der Waals surface area contributed by atoms with E-state index in [-0.39, 0.29) is 6.04 Å². The molecule has 0 bridgehead atoms. The van der Waals surface area contributed by atoms with Crippen LogP contribution in [0.4, 0.5) is 0 Å². The van der Waals surface area contributed by atoms with E-state index in [1.54, 1.807) is 18.9 Å². The SMILES string of the molecule is CNC(c1ccc(OC)c(Br)c1)c1ccccc1SC. The molecule has 2 aromatic carbocycles. The minimum absolute atomic E-state index is 0.167. The quantitative estimate of drug-likeness (QED) is 0.802. The summed E-state index contributed by atoms with van der Waals surface area (Å²) in [7, 11) is 3.66. The van der Waals surface area contributed by atoms with Crippen LogP contribution < -0.4 is 10.1 Å². The molecule has 0 aromatic heterocycles. The Hall–Kier alpha value is -0.970. The zero-order valence-electron chi connectivity index (χ0n) is 11.8. The van der Waals surface area contributed by atoms with Gasteiger partial charge in [0.15, 0.2) is 0 Å². The molecule has 1 atom stereocenters. The summed E-state index contributed by atoms with van der Waals surface area (Å²) in [5.74, 6) is 0.849. The maximum Gasteiger partial charge on any atom is 0.133 e. The first-order chi connectivity index (χ1) is 9.71. The summed E-state index contributed by atoms with van der Waals surface area (Å²) in [5, 5.41) is 3.40. The third-order valence-corrected chi connectivity index (χ3v) is 4.68. The number of hydrogen-bond donors (Lipinski definition) is 1. The van der Waals surface area contributed by atoms with E-state index in [2.05, 4.69) is 63.9 Å². The largest absolute Gasteiger partial charge is 0.496 e. The molecule has 1 N–H and O–H groups in total. The first kappa shape index (κ1) is 15.4. The average molecular weight is 352 g/mol. The van der Waals surface area contributed by atoms with E-state index in [4.69, 9.17) is 4.74 Å². The van der Waals surface area contributed by atoms with Gasteiger partial charge in [-0.2, -0.15) is 0 Å². The van der Waals surface area contributed by atoms with E-state index in [9.17, 15) is 0 Å². The monoisotopic (exact) mass is 351 g/mol. The highest BCUT2D eigenvalue weighted by Gasteiger charge is 2.16. The fraction of sp³-hybridized carbons (Fsp3) is 0.250. The van der Waals surface area contributed by atoms with E-state index >= 15 is 0 Å². The minimum atomic E-state index is 0.167. The highest BCUT2D eigenvalue weighted by atomic mass is 79.9. The number of ether oxygens (including phenoxy) is 1. The molecule has 0 spiro atoms. The molecule has 0 amide bonds. The maximum atomic E-state index is 5.29. The van der Waals surface area contributed by atoms with Crippen LogP contribution in [-0.4, -0.2) is 20.4 Å². The van der Waals surface area contributed by atoms with Crippen molar-refractivity contribution < 1.29 is 4.74 Å². The predicted octanol–water partition coefficient (Wildman–Crippen LogP) is 4.49. The highest BCUT2D eigenvalue weighted by molar-refractivity contribution is 9.10. The van der Waals surface area contributed by atoms with Gasteiger partial charge in [0.25, 0.3) is 0 Å². The smallest absolute Gasteiger partial charge is 0.133 e. The van der Waals surface area contributed by atoms with Crippen LogP contribution in [0.2, 0.25) is 0 Å². The number of thioether (sulfide) groups is 1. The van der Waals surface area contributed by atoms with E-state index in [1.807, 2.05) is 13.1 Å². The van der Waals surface area contributed by atoms with Crippen LogP contribution in [0.1, 0.15) is 17.2 Å². The fourth-order valence-electron chi connectivity index (χ4n) is 2.27. The number of hydrogen-bond acceptors (Lipinski definition) is 3. The van der Waals surface area contributed by atoms with Crippen LogP contribution >= 0.6 is 27.7 Å². The average Bonchev–Trinajstić information content (AvgIpc) is 2.49. The van der Waals surface area contributed by atoms with Crippen molar-refractivity contribution >= 4 is 27.7 Å². The molecule has 0 aliphatic carbocycles. The molecule has 2 rings (SSSR count). The van der Waals surface area contributed by atoms with Crippen molar-refractivity contribution in [3.05, 3.63) is 58.1 Å². The Balaban J connectivity index is 2.44. The first-order valence-electron chi connectivity index (χ1n) is 6.35. The summed E-state index contributed by atoms with van der Waals surface area (Å²) < 4.78 is 6.26. The molecule has 0 heterocycles. The molecule has 1 unspecified atom stereocenters. The van der Waals surface area contributed by atoms with Crippen LogP contribution in [0.15, 0.2) is 51.8 Å². The summed E-state index contributed by atoms with van der Waals surface area (Å²) in [4.78, 5) is 1.29. The Morgan fingerprint density at radius 3 is 2.55 bits per heavy atom. The lowest BCUT2D eigenvalue weighted by Crippen LogP contribution is -2.18. The highest BCUT2D eigenvalue weighted by Crippen LogP contribution is 2.33. The number of nitrogens with one attached hydrogen (secondary N) is 1. The third kappa shape index (κ3) is 3.19. The second-order valence-corrected chi connectivity index (χ2v) is 6.06. The van der Waals surface area contributed by atoms with Gasteiger partial charge in [0.05, 0.1) is 17.6 Å². The number of rotatable bonds is 5. The van der Waals surface area contributed by atoms with E-state index in [0.29, 0.717) is 0 Å². The van der Waals surface area contributed by atoms with Crippen LogP contribution in [0, 0.1) is 0 Å². The number of methoxy groups -OCH3 is 1. The maximum absolute atomic E-state index is 5.29. The molecule has 0 fully saturated rings. The second kappa shape index (κ2) is 7.16. The van der Waals surface area contributed by atoms with Gasteiger partial charge >= 0.3 is 0 Å². The van der Waals surface area contributed by atoms with Crippen molar-refractivity contribution in [1.82, 2.24) is 5.32 Å². The van der Waals surface area contributed by atoms with Gasteiger partial charge < -0.3 is 10.1 Å². The van der Waals surface area contributed by atoms with Crippen molar-refractivity contribution in [3.63, 3.8) is 0 Å². The molecule has 0 saturated carbocycles. The summed E-state index contributed by atoms with van der Waals surface area (Å²) >= 11 is 5.32.